The summed E-state index contributed by atoms with van der Waals surface area (Å²) in [6, 6.07) is 6.05. The van der Waals surface area contributed by atoms with Crippen LogP contribution in [0.25, 0.3) is 5.69 Å². The molecule has 1 heterocycles. The maximum Gasteiger partial charge on any atom is 0.124 e. The van der Waals surface area contributed by atoms with E-state index in [0.29, 0.717) is 10.2 Å². The highest BCUT2D eigenvalue weighted by Crippen LogP contribution is 2.21. The van der Waals surface area contributed by atoms with Crippen molar-refractivity contribution in [1.29, 1.82) is 0 Å². The molecule has 0 aliphatic heterocycles. The zero-order valence-corrected chi connectivity index (χ0v) is 9.28. The number of halogens is 2. The summed E-state index contributed by atoms with van der Waals surface area (Å²) in [5.41, 5.74) is 1.31. The SMILES string of the molecule is OCc1ccn(-c2ccc(F)cc2Br)n1. The summed E-state index contributed by atoms with van der Waals surface area (Å²) in [4.78, 5) is 0. The molecule has 0 saturated heterocycles. The Morgan fingerprint density at radius 2 is 2.20 bits per heavy atom. The molecular formula is C10H8BrFN2O. The Bertz CT molecular complexity index is 484. The summed E-state index contributed by atoms with van der Waals surface area (Å²) in [6.07, 6.45) is 1.71. The molecule has 78 valence electrons. The van der Waals surface area contributed by atoms with Crippen LogP contribution in [0.1, 0.15) is 5.69 Å². The van der Waals surface area contributed by atoms with Crippen LogP contribution in [0.2, 0.25) is 0 Å². The molecule has 0 spiro atoms. The maximum absolute atomic E-state index is 12.8. The van der Waals surface area contributed by atoms with Gasteiger partial charge in [0.1, 0.15) is 5.82 Å². The van der Waals surface area contributed by atoms with E-state index < -0.39 is 0 Å². The van der Waals surface area contributed by atoms with Crippen LogP contribution < -0.4 is 0 Å². The van der Waals surface area contributed by atoms with E-state index in [1.54, 1.807) is 23.0 Å². The number of aromatic nitrogens is 2. The van der Waals surface area contributed by atoms with E-state index in [2.05, 4.69) is 21.0 Å². The van der Waals surface area contributed by atoms with Gasteiger partial charge in [0.05, 0.1) is 18.0 Å². The number of rotatable bonds is 2. The van der Waals surface area contributed by atoms with Gasteiger partial charge in [-0.25, -0.2) is 9.07 Å². The Hall–Kier alpha value is -1.20. The van der Waals surface area contributed by atoms with Gasteiger partial charge in [-0.2, -0.15) is 5.10 Å². The van der Waals surface area contributed by atoms with Crippen molar-refractivity contribution in [2.45, 2.75) is 6.61 Å². The van der Waals surface area contributed by atoms with E-state index in [4.69, 9.17) is 5.11 Å². The zero-order chi connectivity index (χ0) is 10.8. The van der Waals surface area contributed by atoms with Crippen molar-refractivity contribution in [3.8, 4) is 5.69 Å². The minimum atomic E-state index is -0.305. The van der Waals surface area contributed by atoms with Crippen molar-refractivity contribution in [3.63, 3.8) is 0 Å². The second kappa shape index (κ2) is 4.12. The number of benzene rings is 1. The van der Waals surface area contributed by atoms with Gasteiger partial charge in [-0.05, 0) is 40.2 Å². The lowest BCUT2D eigenvalue weighted by Crippen LogP contribution is -1.97. The van der Waals surface area contributed by atoms with Crippen LogP contribution in [0.4, 0.5) is 4.39 Å². The molecule has 1 N–H and O–H groups in total. The summed E-state index contributed by atoms with van der Waals surface area (Å²) in [5, 5.41) is 13.0. The number of aliphatic hydroxyl groups excluding tert-OH is 1. The summed E-state index contributed by atoms with van der Waals surface area (Å²) < 4.78 is 15.0. The van der Waals surface area contributed by atoms with Crippen LogP contribution in [0.5, 0.6) is 0 Å². The lowest BCUT2D eigenvalue weighted by atomic mass is 10.3. The van der Waals surface area contributed by atoms with Gasteiger partial charge in [0.25, 0.3) is 0 Å². The van der Waals surface area contributed by atoms with Crippen LogP contribution in [0.15, 0.2) is 34.9 Å². The first kappa shape index (κ1) is 10.3. The average Bonchev–Trinajstić information content (AvgIpc) is 2.66. The average molecular weight is 271 g/mol. The van der Waals surface area contributed by atoms with Crippen LogP contribution in [-0.2, 0) is 6.61 Å². The molecule has 0 amide bonds. The highest BCUT2D eigenvalue weighted by Gasteiger charge is 2.05. The predicted molar refractivity (Wildman–Crippen MR) is 57.1 cm³/mol. The standard InChI is InChI=1S/C10H8BrFN2O/c11-9-5-7(12)1-2-10(9)14-4-3-8(6-15)13-14/h1-5,15H,6H2. The number of nitrogens with zero attached hydrogens (tertiary/aromatic N) is 2. The first-order valence-electron chi connectivity index (χ1n) is 4.31. The van der Waals surface area contributed by atoms with Gasteiger partial charge in [-0.1, -0.05) is 0 Å². The molecule has 0 unspecified atom stereocenters. The van der Waals surface area contributed by atoms with E-state index >= 15 is 0 Å². The predicted octanol–water partition coefficient (Wildman–Crippen LogP) is 2.27. The number of aliphatic hydroxyl groups is 1. The molecule has 5 heteroatoms. The van der Waals surface area contributed by atoms with Gasteiger partial charge in [0.2, 0.25) is 0 Å². The molecule has 0 bridgehead atoms. The molecule has 0 aliphatic carbocycles. The van der Waals surface area contributed by atoms with Crippen LogP contribution in [0, 0.1) is 5.82 Å². The maximum atomic E-state index is 12.8. The van der Waals surface area contributed by atoms with E-state index in [9.17, 15) is 4.39 Å². The van der Waals surface area contributed by atoms with E-state index in [0.717, 1.165) is 5.69 Å². The van der Waals surface area contributed by atoms with Crippen molar-refractivity contribution in [2.24, 2.45) is 0 Å². The minimum absolute atomic E-state index is 0.105. The van der Waals surface area contributed by atoms with Crippen molar-refractivity contribution >= 4 is 15.9 Å². The second-order valence-electron chi connectivity index (χ2n) is 3.01. The first-order chi connectivity index (χ1) is 7.20. The fraction of sp³-hybridized carbons (Fsp3) is 0.100. The second-order valence-corrected chi connectivity index (χ2v) is 3.86. The largest absolute Gasteiger partial charge is 0.390 e. The lowest BCUT2D eigenvalue weighted by molar-refractivity contribution is 0.276. The molecule has 0 radical (unpaired) electrons. The van der Waals surface area contributed by atoms with E-state index in [1.165, 1.54) is 12.1 Å². The molecule has 0 aliphatic rings. The number of hydrogen-bond donors (Lipinski definition) is 1. The topological polar surface area (TPSA) is 38.0 Å². The van der Waals surface area contributed by atoms with Crippen molar-refractivity contribution in [1.82, 2.24) is 9.78 Å². The molecule has 2 aromatic rings. The number of hydrogen-bond acceptors (Lipinski definition) is 2. The minimum Gasteiger partial charge on any atom is -0.390 e. The highest BCUT2D eigenvalue weighted by atomic mass is 79.9. The third kappa shape index (κ3) is 2.08. The molecule has 0 fully saturated rings. The Kier molecular flexibility index (Phi) is 2.83. The van der Waals surface area contributed by atoms with Crippen LogP contribution in [-0.4, -0.2) is 14.9 Å². The fourth-order valence-corrected chi connectivity index (χ4v) is 1.78. The highest BCUT2D eigenvalue weighted by molar-refractivity contribution is 9.10. The van der Waals surface area contributed by atoms with Crippen LogP contribution in [0.3, 0.4) is 0 Å². The molecular weight excluding hydrogens is 263 g/mol. The Labute approximate surface area is 94.3 Å². The third-order valence-corrected chi connectivity index (χ3v) is 2.60. The summed E-state index contributed by atoms with van der Waals surface area (Å²) in [5.74, 6) is -0.305. The van der Waals surface area contributed by atoms with E-state index in [1.807, 2.05) is 0 Å². The lowest BCUT2D eigenvalue weighted by Gasteiger charge is -2.03. The van der Waals surface area contributed by atoms with Gasteiger partial charge in [-0.3, -0.25) is 0 Å². The smallest absolute Gasteiger partial charge is 0.124 e. The molecule has 1 aromatic heterocycles. The summed E-state index contributed by atoms with van der Waals surface area (Å²) in [6.45, 7) is -0.105. The zero-order valence-electron chi connectivity index (χ0n) is 7.69. The molecule has 3 nitrogen and oxygen atoms in total. The van der Waals surface area contributed by atoms with Gasteiger partial charge >= 0.3 is 0 Å². The third-order valence-electron chi connectivity index (χ3n) is 1.96. The van der Waals surface area contributed by atoms with Gasteiger partial charge < -0.3 is 5.11 Å². The van der Waals surface area contributed by atoms with Crippen molar-refractivity contribution < 1.29 is 9.50 Å². The molecule has 0 atom stereocenters. The Morgan fingerprint density at radius 1 is 1.40 bits per heavy atom. The summed E-state index contributed by atoms with van der Waals surface area (Å²) >= 11 is 3.25. The van der Waals surface area contributed by atoms with Gasteiger partial charge in [0, 0.05) is 10.7 Å². The van der Waals surface area contributed by atoms with Crippen LogP contribution >= 0.6 is 15.9 Å². The molecule has 1 aromatic carbocycles. The van der Waals surface area contributed by atoms with Gasteiger partial charge in [-0.15, -0.1) is 0 Å². The van der Waals surface area contributed by atoms with Gasteiger partial charge in [0.15, 0.2) is 0 Å². The quantitative estimate of drug-likeness (QED) is 0.909. The summed E-state index contributed by atoms with van der Waals surface area (Å²) in [7, 11) is 0. The Balaban J connectivity index is 2.44. The van der Waals surface area contributed by atoms with Crippen molar-refractivity contribution in [2.75, 3.05) is 0 Å². The molecule has 15 heavy (non-hydrogen) atoms. The molecule has 2 rings (SSSR count). The fourth-order valence-electron chi connectivity index (χ4n) is 1.25. The normalized spacial score (nSPS) is 10.6. The van der Waals surface area contributed by atoms with Crippen molar-refractivity contribution in [3.05, 3.63) is 46.4 Å². The monoisotopic (exact) mass is 270 g/mol. The van der Waals surface area contributed by atoms with E-state index in [-0.39, 0.29) is 12.4 Å². The first-order valence-corrected chi connectivity index (χ1v) is 5.11. The Morgan fingerprint density at radius 3 is 2.80 bits per heavy atom. The molecule has 0 saturated carbocycles.